The predicted molar refractivity (Wildman–Crippen MR) is 113 cm³/mol. The number of alkyl halides is 2. The SMILES string of the molecule is COC(=O)C1=C(C(=O)OC)N(c2cccc(OC(F)F)c2F)C(N)=C(C#N)C1c1ccccc1. The van der Waals surface area contributed by atoms with Crippen molar-refractivity contribution in [3.63, 3.8) is 0 Å². The number of benzene rings is 2. The number of nitrogens with zero attached hydrogens (tertiary/aromatic N) is 2. The first-order valence-corrected chi connectivity index (χ1v) is 9.65. The molecule has 0 radical (unpaired) electrons. The fraction of sp³-hybridized carbons (Fsp3) is 0.174. The van der Waals surface area contributed by atoms with Crippen LogP contribution in [0.1, 0.15) is 11.5 Å². The van der Waals surface area contributed by atoms with Crippen molar-refractivity contribution in [2.75, 3.05) is 19.1 Å². The Labute approximate surface area is 192 Å². The number of allylic oxidation sites excluding steroid dienone is 1. The Morgan fingerprint density at radius 3 is 2.26 bits per heavy atom. The highest BCUT2D eigenvalue weighted by Gasteiger charge is 2.43. The molecular formula is C23H18F3N3O5. The molecule has 0 aliphatic carbocycles. The summed E-state index contributed by atoms with van der Waals surface area (Å²) in [4.78, 5) is 26.6. The van der Waals surface area contributed by atoms with Crippen LogP contribution in [0.25, 0.3) is 0 Å². The number of esters is 2. The molecule has 11 heteroatoms. The van der Waals surface area contributed by atoms with E-state index in [2.05, 4.69) is 4.74 Å². The van der Waals surface area contributed by atoms with E-state index in [4.69, 9.17) is 15.2 Å². The van der Waals surface area contributed by atoms with Crippen molar-refractivity contribution < 1.29 is 37.0 Å². The molecule has 0 saturated carbocycles. The molecule has 176 valence electrons. The van der Waals surface area contributed by atoms with Gasteiger partial charge in [-0.3, -0.25) is 4.90 Å². The van der Waals surface area contributed by atoms with E-state index in [0.29, 0.717) is 5.56 Å². The lowest BCUT2D eigenvalue weighted by Gasteiger charge is -2.36. The van der Waals surface area contributed by atoms with Gasteiger partial charge in [-0.05, 0) is 17.7 Å². The lowest BCUT2D eigenvalue weighted by atomic mass is 9.81. The average molecular weight is 473 g/mol. The lowest BCUT2D eigenvalue weighted by molar-refractivity contribution is -0.139. The van der Waals surface area contributed by atoms with Gasteiger partial charge in [-0.25, -0.2) is 14.0 Å². The first kappa shape index (κ1) is 24.2. The molecule has 1 unspecified atom stereocenters. The summed E-state index contributed by atoms with van der Waals surface area (Å²) in [6, 6.07) is 13.3. The van der Waals surface area contributed by atoms with Crippen molar-refractivity contribution in [2.24, 2.45) is 5.73 Å². The van der Waals surface area contributed by atoms with Crippen LogP contribution in [0.4, 0.5) is 18.9 Å². The van der Waals surface area contributed by atoms with Crippen LogP contribution in [0.5, 0.6) is 5.75 Å². The molecule has 0 saturated heterocycles. The second kappa shape index (κ2) is 9.99. The van der Waals surface area contributed by atoms with Gasteiger partial charge in [0.2, 0.25) is 0 Å². The molecule has 0 spiro atoms. The molecule has 1 aliphatic rings. The van der Waals surface area contributed by atoms with Crippen molar-refractivity contribution >= 4 is 17.6 Å². The summed E-state index contributed by atoms with van der Waals surface area (Å²) >= 11 is 0. The van der Waals surface area contributed by atoms with Gasteiger partial charge in [-0.1, -0.05) is 36.4 Å². The van der Waals surface area contributed by atoms with Gasteiger partial charge in [0.05, 0.1) is 43.0 Å². The zero-order chi connectivity index (χ0) is 25.0. The third kappa shape index (κ3) is 4.25. The summed E-state index contributed by atoms with van der Waals surface area (Å²) in [5.74, 6) is -5.86. The number of halogens is 3. The minimum atomic E-state index is -3.34. The van der Waals surface area contributed by atoms with Gasteiger partial charge >= 0.3 is 18.6 Å². The molecule has 8 nitrogen and oxygen atoms in total. The standard InChI is InChI=1S/C23H18F3N3O5/c1-32-21(30)17-16(12-7-4-3-5-8-12)13(11-27)20(28)29(19(17)22(31)33-2)14-9-6-10-15(18(14)24)34-23(25)26/h3-10,16,23H,28H2,1-2H3. The van der Waals surface area contributed by atoms with E-state index in [1.807, 2.05) is 6.07 Å². The molecule has 0 bridgehead atoms. The number of nitrogens with two attached hydrogens (primary N) is 1. The Morgan fingerprint density at radius 1 is 1.06 bits per heavy atom. The number of nitriles is 1. The van der Waals surface area contributed by atoms with E-state index in [1.54, 1.807) is 30.3 Å². The van der Waals surface area contributed by atoms with Gasteiger partial charge in [0.15, 0.2) is 11.6 Å². The van der Waals surface area contributed by atoms with Crippen LogP contribution in [0, 0.1) is 17.1 Å². The minimum absolute atomic E-state index is 0.209. The van der Waals surface area contributed by atoms with E-state index in [1.165, 1.54) is 6.07 Å². The van der Waals surface area contributed by atoms with Crippen molar-refractivity contribution in [1.82, 2.24) is 0 Å². The molecule has 1 aliphatic heterocycles. The van der Waals surface area contributed by atoms with Crippen LogP contribution in [-0.4, -0.2) is 32.8 Å². The number of methoxy groups -OCH3 is 2. The summed E-state index contributed by atoms with van der Waals surface area (Å²) in [5.41, 5.74) is 5.01. The molecule has 0 fully saturated rings. The zero-order valence-electron chi connectivity index (χ0n) is 17.9. The van der Waals surface area contributed by atoms with E-state index < -0.39 is 53.2 Å². The summed E-state index contributed by atoms with van der Waals surface area (Å²) in [7, 11) is 2.08. The quantitative estimate of drug-likeness (QED) is 0.636. The van der Waals surface area contributed by atoms with Gasteiger partial charge in [0.1, 0.15) is 11.5 Å². The number of carbonyl (C=O) groups excluding carboxylic acids is 2. The van der Waals surface area contributed by atoms with E-state index in [9.17, 15) is 23.6 Å². The highest BCUT2D eigenvalue weighted by molar-refractivity contribution is 6.06. The third-order valence-corrected chi connectivity index (χ3v) is 5.01. The Kier molecular flexibility index (Phi) is 7.11. The van der Waals surface area contributed by atoms with Gasteiger partial charge in [0.25, 0.3) is 0 Å². The van der Waals surface area contributed by atoms with Crippen molar-refractivity contribution in [3.05, 3.63) is 82.6 Å². The first-order chi connectivity index (χ1) is 16.3. The topological polar surface area (TPSA) is 115 Å². The second-order valence-corrected chi connectivity index (χ2v) is 6.80. The van der Waals surface area contributed by atoms with Crippen LogP contribution < -0.4 is 15.4 Å². The lowest BCUT2D eigenvalue weighted by Crippen LogP contribution is -2.41. The van der Waals surface area contributed by atoms with E-state index in [0.717, 1.165) is 31.3 Å². The van der Waals surface area contributed by atoms with E-state index in [-0.39, 0.29) is 11.1 Å². The molecule has 2 N–H and O–H groups in total. The van der Waals surface area contributed by atoms with Crippen LogP contribution in [-0.2, 0) is 19.1 Å². The fourth-order valence-electron chi connectivity index (χ4n) is 3.62. The monoisotopic (exact) mass is 473 g/mol. The Bertz CT molecular complexity index is 1220. The maximum atomic E-state index is 15.2. The maximum absolute atomic E-state index is 15.2. The van der Waals surface area contributed by atoms with Gasteiger partial charge in [0, 0.05) is 0 Å². The molecule has 2 aromatic carbocycles. The smallest absolute Gasteiger partial charge is 0.387 e. The average Bonchev–Trinajstić information content (AvgIpc) is 2.84. The fourth-order valence-corrected chi connectivity index (χ4v) is 3.62. The van der Waals surface area contributed by atoms with Gasteiger partial charge in [-0.15, -0.1) is 0 Å². The van der Waals surface area contributed by atoms with Crippen molar-refractivity contribution in [3.8, 4) is 11.8 Å². The van der Waals surface area contributed by atoms with Crippen LogP contribution in [0.15, 0.2) is 71.2 Å². The largest absolute Gasteiger partial charge is 0.466 e. The molecule has 1 heterocycles. The van der Waals surface area contributed by atoms with Gasteiger partial charge < -0.3 is 19.9 Å². The summed E-state index contributed by atoms with van der Waals surface area (Å²) in [6.45, 7) is -3.34. The summed E-state index contributed by atoms with van der Waals surface area (Å²) < 4.78 is 54.6. The second-order valence-electron chi connectivity index (χ2n) is 6.80. The summed E-state index contributed by atoms with van der Waals surface area (Å²) in [6.07, 6.45) is 0. The molecular weight excluding hydrogens is 455 g/mol. The van der Waals surface area contributed by atoms with Crippen molar-refractivity contribution in [1.29, 1.82) is 5.26 Å². The maximum Gasteiger partial charge on any atom is 0.387 e. The van der Waals surface area contributed by atoms with Crippen LogP contribution in [0.2, 0.25) is 0 Å². The number of rotatable bonds is 6. The molecule has 1 atom stereocenters. The number of anilines is 1. The zero-order valence-corrected chi connectivity index (χ0v) is 17.9. The number of hydrogen-bond acceptors (Lipinski definition) is 8. The Balaban J connectivity index is 2.41. The molecule has 0 aromatic heterocycles. The minimum Gasteiger partial charge on any atom is -0.466 e. The Hall–Kier alpha value is -4.46. The highest BCUT2D eigenvalue weighted by atomic mass is 19.3. The first-order valence-electron chi connectivity index (χ1n) is 9.65. The van der Waals surface area contributed by atoms with Crippen molar-refractivity contribution in [2.45, 2.75) is 12.5 Å². The van der Waals surface area contributed by atoms with Crippen LogP contribution in [0.3, 0.4) is 0 Å². The van der Waals surface area contributed by atoms with Gasteiger partial charge in [-0.2, -0.15) is 14.0 Å². The van der Waals surface area contributed by atoms with E-state index >= 15 is 4.39 Å². The number of ether oxygens (including phenoxy) is 3. The molecule has 34 heavy (non-hydrogen) atoms. The molecule has 0 amide bonds. The number of carbonyl (C=O) groups is 2. The summed E-state index contributed by atoms with van der Waals surface area (Å²) in [5, 5.41) is 9.93. The highest BCUT2D eigenvalue weighted by Crippen LogP contribution is 2.44. The normalized spacial score (nSPS) is 15.8. The predicted octanol–water partition coefficient (Wildman–Crippen LogP) is 3.32. The van der Waals surface area contributed by atoms with Crippen LogP contribution >= 0.6 is 0 Å². The number of hydrogen-bond donors (Lipinski definition) is 1. The molecule has 3 rings (SSSR count). The molecule has 2 aromatic rings. The third-order valence-electron chi connectivity index (χ3n) is 5.01. The Morgan fingerprint density at radius 2 is 1.71 bits per heavy atom.